The maximum atomic E-state index is 6.27. The van der Waals surface area contributed by atoms with Crippen LogP contribution in [0.2, 0.25) is 0 Å². The molecule has 1 aromatic carbocycles. The van der Waals surface area contributed by atoms with Crippen LogP contribution >= 0.6 is 7.19 Å². The van der Waals surface area contributed by atoms with E-state index in [4.69, 9.17) is 12.0 Å². The Morgan fingerprint density at radius 3 is 2.42 bits per heavy atom. The van der Waals surface area contributed by atoms with Gasteiger partial charge in [-0.2, -0.15) is 0 Å². The fourth-order valence-corrected chi connectivity index (χ4v) is 7.27. The number of nitrogens with zero attached hydrogens (tertiary/aromatic N) is 3. The molecule has 1 aromatic heterocycles. The van der Waals surface area contributed by atoms with Gasteiger partial charge >= 0.3 is 0 Å². The van der Waals surface area contributed by atoms with Crippen LogP contribution in [0.15, 0.2) is 36.5 Å². The van der Waals surface area contributed by atoms with Crippen LogP contribution in [0.4, 0.5) is 5.69 Å². The topological polar surface area (TPSA) is 44.9 Å². The predicted octanol–water partition coefficient (Wildman–Crippen LogP) is 3.58. The maximum absolute atomic E-state index is 6.27. The number of anilines is 1. The van der Waals surface area contributed by atoms with Gasteiger partial charge < -0.3 is 5.73 Å². The fourth-order valence-electron chi connectivity index (χ4n) is 3.70. The number of aromatic nitrogens is 1. The zero-order chi connectivity index (χ0) is 18.3. The molecule has 4 nitrogen and oxygen atoms in total. The highest BCUT2D eigenvalue weighted by Gasteiger charge is 2.42. The van der Waals surface area contributed by atoms with Gasteiger partial charge in [0.1, 0.15) is 0 Å². The van der Waals surface area contributed by atoms with E-state index in [0.717, 1.165) is 17.8 Å². The van der Waals surface area contributed by atoms with Crippen molar-refractivity contribution < 1.29 is 0 Å². The molecule has 2 fully saturated rings. The summed E-state index contributed by atoms with van der Waals surface area (Å²) in [7, 11) is -1.34. The third-order valence-corrected chi connectivity index (χ3v) is 9.61. The molecule has 0 spiro atoms. The lowest BCUT2D eigenvalue weighted by molar-refractivity contribution is 0.750. The Balaban J connectivity index is 1.53. The Morgan fingerprint density at radius 1 is 1.15 bits per heavy atom. The van der Waals surface area contributed by atoms with Crippen molar-refractivity contribution >= 4 is 19.2 Å². The Labute approximate surface area is 157 Å². The van der Waals surface area contributed by atoms with E-state index in [-0.39, 0.29) is 0 Å². The highest BCUT2D eigenvalue weighted by atomic mass is 31.2. The lowest BCUT2D eigenvalue weighted by Crippen LogP contribution is -2.13. The van der Waals surface area contributed by atoms with Crippen LogP contribution in [0, 0.1) is 6.92 Å². The van der Waals surface area contributed by atoms with E-state index in [9.17, 15) is 0 Å². The average molecular weight is 368 g/mol. The molecule has 1 atom stereocenters. The first-order chi connectivity index (χ1) is 12.5. The largest absolute Gasteiger partial charge is 0.398 e. The van der Waals surface area contributed by atoms with Crippen LogP contribution in [0.1, 0.15) is 35.2 Å². The van der Waals surface area contributed by atoms with Crippen LogP contribution < -0.4 is 5.73 Å². The van der Waals surface area contributed by atoms with Crippen molar-refractivity contribution in [3.63, 3.8) is 0 Å². The van der Waals surface area contributed by atoms with E-state index in [0.29, 0.717) is 5.92 Å². The van der Waals surface area contributed by atoms with Gasteiger partial charge in [-0.1, -0.05) is 31.4 Å². The fraction of sp³-hybridized carbons (Fsp3) is 0.429. The lowest BCUT2D eigenvalue weighted by Gasteiger charge is -2.30. The van der Waals surface area contributed by atoms with E-state index in [1.807, 2.05) is 13.1 Å². The first-order valence-electron chi connectivity index (χ1n) is 9.49. The minimum atomic E-state index is -1.34. The number of hydrogen-bond donors (Lipinski definition) is 1. The second-order valence-corrected chi connectivity index (χ2v) is 11.1. The molecule has 0 amide bonds. The van der Waals surface area contributed by atoms with Gasteiger partial charge in [0, 0.05) is 57.4 Å². The van der Waals surface area contributed by atoms with E-state index >= 15 is 0 Å². The lowest BCUT2D eigenvalue weighted by atomic mass is 9.96. The molecular weight excluding hydrogens is 339 g/mol. The first-order valence-corrected chi connectivity index (χ1v) is 11.6. The highest BCUT2D eigenvalue weighted by molar-refractivity contribution is 7.69. The summed E-state index contributed by atoms with van der Waals surface area (Å²) in [5.74, 6) is 0.498. The highest BCUT2D eigenvalue weighted by Crippen LogP contribution is 2.61. The maximum Gasteiger partial charge on any atom is 0.0372 e. The summed E-state index contributed by atoms with van der Waals surface area (Å²) in [5, 5.41) is 0. The van der Waals surface area contributed by atoms with Crippen molar-refractivity contribution in [2.75, 3.05) is 38.1 Å². The van der Waals surface area contributed by atoms with Crippen molar-refractivity contribution in [2.45, 2.75) is 26.2 Å². The van der Waals surface area contributed by atoms with Crippen LogP contribution in [-0.2, 0) is 6.42 Å². The monoisotopic (exact) mass is 368 g/mol. The summed E-state index contributed by atoms with van der Waals surface area (Å²) in [4.78, 5) is 4.41. The summed E-state index contributed by atoms with van der Waals surface area (Å²) in [6.45, 7) is 9.28. The smallest absolute Gasteiger partial charge is 0.0372 e. The molecule has 2 aliphatic heterocycles. The number of nitrogens with two attached hydrogens (primary N) is 1. The molecule has 5 heteroatoms. The number of pyridine rings is 1. The third kappa shape index (κ3) is 3.73. The molecule has 1 unspecified atom stereocenters. The van der Waals surface area contributed by atoms with Gasteiger partial charge in [0.05, 0.1) is 0 Å². The molecule has 0 radical (unpaired) electrons. The summed E-state index contributed by atoms with van der Waals surface area (Å²) in [5.41, 5.74) is 12.0. The molecule has 0 aliphatic carbocycles. The van der Waals surface area contributed by atoms with Crippen molar-refractivity contribution in [1.29, 1.82) is 0 Å². The Kier molecular flexibility index (Phi) is 4.68. The van der Waals surface area contributed by atoms with Gasteiger partial charge in [-0.05, 0) is 47.8 Å². The van der Waals surface area contributed by atoms with Crippen LogP contribution in [0.25, 0.3) is 0 Å². The van der Waals surface area contributed by atoms with E-state index in [1.54, 1.807) is 0 Å². The minimum absolute atomic E-state index is 0.498. The van der Waals surface area contributed by atoms with Crippen LogP contribution in [-0.4, -0.2) is 53.0 Å². The minimum Gasteiger partial charge on any atom is -0.398 e. The summed E-state index contributed by atoms with van der Waals surface area (Å²) in [6.07, 6.45) is 8.67. The summed E-state index contributed by atoms with van der Waals surface area (Å²) < 4.78 is 5.21. The van der Waals surface area contributed by atoms with Crippen molar-refractivity contribution in [3.8, 4) is 0 Å². The van der Waals surface area contributed by atoms with E-state index in [2.05, 4.69) is 51.6 Å². The molecular formula is C21H29N4P. The normalized spacial score (nSPS) is 18.7. The molecule has 3 heterocycles. The summed E-state index contributed by atoms with van der Waals surface area (Å²) >= 11 is 0. The molecule has 2 saturated heterocycles. The number of benzene rings is 1. The molecule has 26 heavy (non-hydrogen) atoms. The number of hydrogen-bond acceptors (Lipinski definition) is 4. The standard InChI is InChI=1S/C21H29N4P/c1-16(15-26(3,24-8-9-24)25-10-11-25)19-6-7-21(22)20(13-19)12-18-5-4-17(2)23-14-18/h4-7,13-14,16H,3,8-12,15,22H2,1-2H3. The quantitative estimate of drug-likeness (QED) is 0.461. The van der Waals surface area contributed by atoms with Gasteiger partial charge in [-0.25, -0.2) is 0 Å². The zero-order valence-electron chi connectivity index (χ0n) is 15.9. The number of nitrogen functional groups attached to an aromatic ring is 1. The van der Waals surface area contributed by atoms with Gasteiger partial charge in [0.25, 0.3) is 0 Å². The van der Waals surface area contributed by atoms with Gasteiger partial charge in [0.2, 0.25) is 0 Å². The molecule has 2 N–H and O–H groups in total. The zero-order valence-corrected chi connectivity index (χ0v) is 16.8. The third-order valence-electron chi connectivity index (χ3n) is 5.57. The molecule has 4 rings (SSSR count). The number of rotatable bonds is 7. The van der Waals surface area contributed by atoms with E-state index in [1.165, 1.54) is 49.0 Å². The number of aryl methyl sites for hydroxylation is 1. The first kappa shape index (κ1) is 17.8. The Morgan fingerprint density at radius 2 is 1.85 bits per heavy atom. The van der Waals surface area contributed by atoms with Gasteiger partial charge in [-0.15, -0.1) is 0 Å². The van der Waals surface area contributed by atoms with Crippen molar-refractivity contribution in [1.82, 2.24) is 14.3 Å². The second kappa shape index (κ2) is 6.84. The Bertz CT molecular complexity index is 822. The SMILES string of the molecule is C=P(CC(C)c1ccc(N)c(Cc2ccc(C)nc2)c1)(N1CC1)N1CC1. The van der Waals surface area contributed by atoms with Gasteiger partial charge in [0.15, 0.2) is 0 Å². The molecule has 2 aliphatic rings. The summed E-state index contributed by atoms with van der Waals surface area (Å²) in [6, 6.07) is 10.8. The molecule has 0 saturated carbocycles. The molecule has 0 bridgehead atoms. The van der Waals surface area contributed by atoms with E-state index < -0.39 is 7.19 Å². The van der Waals surface area contributed by atoms with Crippen LogP contribution in [0.3, 0.4) is 0 Å². The van der Waals surface area contributed by atoms with Gasteiger partial charge in [-0.3, -0.25) is 14.3 Å². The average Bonchev–Trinajstić information content (AvgIpc) is 3.50. The van der Waals surface area contributed by atoms with Crippen molar-refractivity contribution in [3.05, 3.63) is 58.9 Å². The van der Waals surface area contributed by atoms with Crippen molar-refractivity contribution in [2.24, 2.45) is 0 Å². The molecule has 138 valence electrons. The second-order valence-electron chi connectivity index (χ2n) is 7.81. The van der Waals surface area contributed by atoms with Crippen LogP contribution in [0.5, 0.6) is 0 Å². The predicted molar refractivity (Wildman–Crippen MR) is 113 cm³/mol. The molecule has 2 aromatic rings. The Hall–Kier alpha value is -1.61.